The Kier molecular flexibility index (Phi) is 9.23. The Labute approximate surface area is 218 Å². The predicted octanol–water partition coefficient (Wildman–Crippen LogP) is 4.23. The molecule has 37 heavy (non-hydrogen) atoms. The van der Waals surface area contributed by atoms with E-state index < -0.39 is 12.1 Å². The number of nitrogens with one attached hydrogen (secondary N) is 3. The molecule has 2 aromatic heterocycles. The molecule has 2 amide bonds. The van der Waals surface area contributed by atoms with Gasteiger partial charge in [-0.15, -0.1) is 0 Å². The normalized spacial score (nSPS) is 12.8. The van der Waals surface area contributed by atoms with E-state index in [0.29, 0.717) is 24.0 Å². The molecule has 1 aliphatic heterocycles. The summed E-state index contributed by atoms with van der Waals surface area (Å²) in [4.78, 5) is 40.6. The van der Waals surface area contributed by atoms with E-state index in [4.69, 9.17) is 9.90 Å². The number of hydrogen-bond acceptors (Lipinski definition) is 4. The highest BCUT2D eigenvalue weighted by molar-refractivity contribution is 9.09. The van der Waals surface area contributed by atoms with Crippen LogP contribution < -0.4 is 10.6 Å². The number of carbonyl (C=O) groups excluding carboxylic acids is 2. The van der Waals surface area contributed by atoms with Gasteiger partial charge in [-0.1, -0.05) is 40.2 Å². The zero-order valence-corrected chi connectivity index (χ0v) is 20.8. The third-order valence-corrected chi connectivity index (χ3v) is 5.54. The quantitative estimate of drug-likeness (QED) is 0.257. The lowest BCUT2D eigenvalue weighted by Gasteiger charge is -2.11. The van der Waals surface area contributed by atoms with Gasteiger partial charge in [0, 0.05) is 53.6 Å². The monoisotopic (exact) mass is 578 g/mol. The fourth-order valence-electron chi connectivity index (χ4n) is 3.45. The average Bonchev–Trinajstić information content (AvgIpc) is 3.32. The smallest absolute Gasteiger partial charge is 0.475 e. The van der Waals surface area contributed by atoms with Crippen LogP contribution in [0, 0.1) is 0 Å². The maximum atomic E-state index is 12.0. The highest BCUT2D eigenvalue weighted by Crippen LogP contribution is 2.27. The first-order chi connectivity index (χ1) is 17.6. The van der Waals surface area contributed by atoms with Crippen LogP contribution in [0.25, 0.3) is 22.5 Å². The lowest BCUT2D eigenvalue weighted by molar-refractivity contribution is -0.192. The molecule has 4 rings (SSSR count). The molecule has 1 aliphatic rings. The molecule has 0 spiro atoms. The van der Waals surface area contributed by atoms with Crippen molar-refractivity contribution in [2.75, 3.05) is 11.9 Å². The fraction of sp³-hybridized carbons (Fsp3) is 0.200. The standard InChI is InChI=1S/C23H21BrN4O2.C2HF3O2/c24-8-2-5-22(29)27-14-15-3-1-4-16(11-15)20-12-17(6-9-25-20)21-13-18-19(28-21)7-10-26-23(18)30;3-2(4,5)1(6)7/h1-6,9,11-13,28H,7-8,10,14H2,(H,26,30)(H,27,29);(H,6,7)/b5-2+;. The summed E-state index contributed by atoms with van der Waals surface area (Å²) in [5.41, 5.74) is 6.35. The molecule has 0 aliphatic carbocycles. The van der Waals surface area contributed by atoms with Crippen LogP contribution in [0.5, 0.6) is 0 Å². The number of hydrogen-bond donors (Lipinski definition) is 4. The number of halogens is 4. The molecule has 3 heterocycles. The SMILES string of the molecule is O=C(/C=C/CBr)NCc1cccc(-c2cc(-c3cc4c([nH]3)CCNC4=O)ccn2)c1.O=C(O)C(F)(F)F. The van der Waals surface area contributed by atoms with E-state index in [1.807, 2.05) is 42.5 Å². The summed E-state index contributed by atoms with van der Waals surface area (Å²) in [6, 6.07) is 13.8. The van der Waals surface area contributed by atoms with Gasteiger partial charge in [0.15, 0.2) is 0 Å². The number of carboxylic acid groups (broad SMARTS) is 1. The number of rotatable bonds is 6. The fourth-order valence-corrected chi connectivity index (χ4v) is 3.63. The van der Waals surface area contributed by atoms with Crippen molar-refractivity contribution in [2.24, 2.45) is 0 Å². The number of aromatic nitrogens is 2. The second-order valence-electron chi connectivity index (χ2n) is 7.79. The van der Waals surface area contributed by atoms with Crippen LogP contribution in [-0.2, 0) is 22.6 Å². The third kappa shape index (κ3) is 7.78. The molecule has 0 unspecified atom stereocenters. The van der Waals surface area contributed by atoms with Crippen LogP contribution in [0.3, 0.4) is 0 Å². The Morgan fingerprint density at radius 1 is 1.16 bits per heavy atom. The second-order valence-corrected chi connectivity index (χ2v) is 8.44. The summed E-state index contributed by atoms with van der Waals surface area (Å²) in [5, 5.41) is 13.5. The number of alkyl halides is 4. The number of carboxylic acids is 1. The van der Waals surface area contributed by atoms with E-state index >= 15 is 0 Å². The molecule has 0 saturated carbocycles. The number of nitrogens with zero attached hydrogens (tertiary/aromatic N) is 1. The number of pyridine rings is 1. The highest BCUT2D eigenvalue weighted by atomic mass is 79.9. The number of allylic oxidation sites excluding steroid dienone is 1. The van der Waals surface area contributed by atoms with Crippen molar-refractivity contribution in [1.82, 2.24) is 20.6 Å². The number of fused-ring (bicyclic) bond motifs is 1. The molecule has 8 nitrogen and oxygen atoms in total. The van der Waals surface area contributed by atoms with Crippen molar-refractivity contribution >= 4 is 33.7 Å². The van der Waals surface area contributed by atoms with E-state index in [1.54, 1.807) is 12.3 Å². The summed E-state index contributed by atoms with van der Waals surface area (Å²) in [5.74, 6) is -2.92. The number of benzene rings is 1. The van der Waals surface area contributed by atoms with Crippen molar-refractivity contribution in [1.29, 1.82) is 0 Å². The Bertz CT molecular complexity index is 1320. The van der Waals surface area contributed by atoms with Crippen molar-refractivity contribution < 1.29 is 32.7 Å². The van der Waals surface area contributed by atoms with Crippen LogP contribution in [0.4, 0.5) is 13.2 Å². The van der Waals surface area contributed by atoms with Crippen LogP contribution in [-0.4, -0.2) is 50.9 Å². The van der Waals surface area contributed by atoms with Crippen LogP contribution in [0.1, 0.15) is 21.6 Å². The lowest BCUT2D eigenvalue weighted by atomic mass is 10.0. The minimum atomic E-state index is -5.08. The van der Waals surface area contributed by atoms with Crippen LogP contribution in [0.15, 0.2) is 60.8 Å². The molecule has 3 aromatic rings. The number of H-pyrrole nitrogens is 1. The minimum absolute atomic E-state index is 0.0336. The molecule has 1 aromatic carbocycles. The maximum Gasteiger partial charge on any atom is 0.490 e. The van der Waals surface area contributed by atoms with Gasteiger partial charge >= 0.3 is 12.1 Å². The van der Waals surface area contributed by atoms with E-state index in [2.05, 4.69) is 36.5 Å². The van der Waals surface area contributed by atoms with Crippen LogP contribution >= 0.6 is 15.9 Å². The summed E-state index contributed by atoms with van der Waals surface area (Å²) in [6.45, 7) is 1.10. The molecule has 12 heteroatoms. The number of aliphatic carboxylic acids is 1. The van der Waals surface area contributed by atoms with E-state index in [1.165, 1.54) is 6.08 Å². The van der Waals surface area contributed by atoms with Gasteiger partial charge < -0.3 is 20.7 Å². The first-order valence-electron chi connectivity index (χ1n) is 10.9. The van der Waals surface area contributed by atoms with Gasteiger partial charge in [0.1, 0.15) is 0 Å². The molecule has 194 valence electrons. The Hall–Kier alpha value is -3.93. The maximum absolute atomic E-state index is 12.0. The largest absolute Gasteiger partial charge is 0.490 e. The number of aromatic amines is 1. The average molecular weight is 579 g/mol. The first-order valence-corrected chi connectivity index (χ1v) is 12.1. The lowest BCUT2D eigenvalue weighted by Crippen LogP contribution is -2.31. The van der Waals surface area contributed by atoms with Gasteiger partial charge in [-0.05, 0) is 35.9 Å². The summed E-state index contributed by atoms with van der Waals surface area (Å²) in [6.07, 6.45) is 0.755. The molecule has 0 atom stereocenters. The highest BCUT2D eigenvalue weighted by Gasteiger charge is 2.38. The molecule has 0 bridgehead atoms. The predicted molar refractivity (Wildman–Crippen MR) is 134 cm³/mol. The van der Waals surface area contributed by atoms with Gasteiger partial charge in [0.05, 0.1) is 11.3 Å². The summed E-state index contributed by atoms with van der Waals surface area (Å²) >= 11 is 3.26. The first kappa shape index (κ1) is 27.7. The zero-order chi connectivity index (χ0) is 27.0. The van der Waals surface area contributed by atoms with Gasteiger partial charge in [-0.25, -0.2) is 4.79 Å². The van der Waals surface area contributed by atoms with Crippen LogP contribution in [0.2, 0.25) is 0 Å². The van der Waals surface area contributed by atoms with Crippen molar-refractivity contribution in [3.63, 3.8) is 0 Å². The van der Waals surface area contributed by atoms with E-state index in [0.717, 1.165) is 40.2 Å². The molecule has 0 radical (unpaired) electrons. The second kappa shape index (κ2) is 12.3. The van der Waals surface area contributed by atoms with Crippen molar-refractivity contribution in [3.8, 4) is 22.5 Å². The van der Waals surface area contributed by atoms with Crippen molar-refractivity contribution in [2.45, 2.75) is 19.1 Å². The molecule has 0 fully saturated rings. The van der Waals surface area contributed by atoms with Gasteiger partial charge in [0.25, 0.3) is 5.91 Å². The van der Waals surface area contributed by atoms with Gasteiger partial charge in [-0.2, -0.15) is 13.2 Å². The minimum Gasteiger partial charge on any atom is -0.475 e. The van der Waals surface area contributed by atoms with Gasteiger partial charge in [0.2, 0.25) is 5.91 Å². The topological polar surface area (TPSA) is 124 Å². The number of amides is 2. The third-order valence-electron chi connectivity index (χ3n) is 5.17. The van der Waals surface area contributed by atoms with E-state index in [9.17, 15) is 22.8 Å². The molecule has 4 N–H and O–H groups in total. The Morgan fingerprint density at radius 2 is 1.92 bits per heavy atom. The Balaban J connectivity index is 0.000000479. The zero-order valence-electron chi connectivity index (χ0n) is 19.2. The van der Waals surface area contributed by atoms with Crippen molar-refractivity contribution in [3.05, 3.63) is 77.6 Å². The molecular formula is C25H22BrF3N4O4. The summed E-state index contributed by atoms with van der Waals surface area (Å²) in [7, 11) is 0. The summed E-state index contributed by atoms with van der Waals surface area (Å²) < 4.78 is 31.7. The van der Waals surface area contributed by atoms with E-state index in [-0.39, 0.29) is 11.8 Å². The van der Waals surface area contributed by atoms with Gasteiger partial charge in [-0.3, -0.25) is 14.6 Å². The molecule has 0 saturated heterocycles. The molecular weight excluding hydrogens is 557 g/mol. The Morgan fingerprint density at radius 3 is 2.59 bits per heavy atom. The number of carbonyl (C=O) groups is 3.